The second kappa shape index (κ2) is 22.8. The summed E-state index contributed by atoms with van der Waals surface area (Å²) in [7, 11) is 0. The Hall–Kier alpha value is 1.64. The molecule has 0 heterocycles. The van der Waals surface area contributed by atoms with Crippen LogP contribution in [0.5, 0.6) is 0 Å². The van der Waals surface area contributed by atoms with Gasteiger partial charge in [-0.25, -0.2) is 0 Å². The molecular weight excluding hydrogens is 322 g/mol. The Bertz CT molecular complexity index is 8.00. The Morgan fingerprint density at radius 3 is 1.00 bits per heavy atom. The Kier molecular flexibility index (Phi) is 257. The van der Waals surface area contributed by atoms with Crippen molar-refractivity contribution in [3.63, 3.8) is 0 Å². The predicted molar refractivity (Wildman–Crippen MR) is 24.0 cm³/mol. The summed E-state index contributed by atoms with van der Waals surface area (Å²) in [6.07, 6.45) is 0. The third-order valence-electron chi connectivity index (χ3n) is 0. The van der Waals surface area contributed by atoms with Gasteiger partial charge in [0.2, 0.25) is 0 Å². The van der Waals surface area contributed by atoms with Gasteiger partial charge in [0.15, 0.2) is 0 Å². The average molecular weight is 326 g/mol. The van der Waals surface area contributed by atoms with E-state index in [1.165, 1.54) is 0 Å². The van der Waals surface area contributed by atoms with Crippen molar-refractivity contribution in [1.82, 2.24) is 0 Å². The van der Waals surface area contributed by atoms with Crippen LogP contribution in [-0.2, 0) is 0 Å². The zero-order chi connectivity index (χ0) is 0. The van der Waals surface area contributed by atoms with E-state index in [1.54, 1.807) is 0 Å². The monoisotopic (exact) mass is 327 g/mol. The fraction of sp³-hybridized carbons (Fsp3) is 1.00. The first-order chi connectivity index (χ1) is 0. The first kappa shape index (κ1) is 45.1. The molecule has 0 rings (SSSR count). The van der Waals surface area contributed by atoms with Gasteiger partial charge in [-0.15, -0.1) is 0 Å². The molecule has 0 atom stereocenters. The predicted octanol–water partition coefficient (Wildman–Crippen LogP) is -0.506. The first-order valence-corrected chi connectivity index (χ1v) is 0. The van der Waals surface area contributed by atoms with Gasteiger partial charge in [-0.2, -0.15) is 0 Å². The summed E-state index contributed by atoms with van der Waals surface area (Å²) in [6, 6.07) is 0. The molecule has 0 saturated heterocycles. The van der Waals surface area contributed by atoms with Gasteiger partial charge in [0.25, 0.3) is 0 Å². The molecule has 4 heavy (non-hydrogen) atoms. The van der Waals surface area contributed by atoms with Crippen LogP contribution in [0, 0.1) is 0 Å². The summed E-state index contributed by atoms with van der Waals surface area (Å²) in [6.45, 7) is 0. The quantitative estimate of drug-likeness (QED) is 0.527. The summed E-state index contributed by atoms with van der Waals surface area (Å²) in [5.41, 5.74) is 0. The van der Waals surface area contributed by atoms with Crippen molar-refractivity contribution in [2.24, 2.45) is 0 Å². The molecule has 0 fully saturated rings. The molecule has 0 unspecified atom stereocenters. The van der Waals surface area contributed by atoms with Crippen LogP contribution < -0.4 is 0 Å². The standard InChI is InChI=1S/CH4.Bi.Ge.Si/h1H4;;;. The Balaban J connectivity index is 0. The molecule has 11 radical (unpaired) electrons. The zero-order valence-corrected chi connectivity index (χ0v) is 8.02. The van der Waals surface area contributed by atoms with Crippen LogP contribution in [0.1, 0.15) is 7.43 Å². The van der Waals surface area contributed by atoms with E-state index in [1.807, 2.05) is 0 Å². The topological polar surface area (TPSA) is 0 Å². The summed E-state index contributed by atoms with van der Waals surface area (Å²) in [4.78, 5) is 0. The van der Waals surface area contributed by atoms with Crippen LogP contribution in [0.4, 0.5) is 0 Å². The van der Waals surface area contributed by atoms with E-state index in [-0.39, 0.29) is 62.2 Å². The molecule has 3 heteroatoms. The van der Waals surface area contributed by atoms with Crippen molar-refractivity contribution >= 4 is 54.8 Å². The summed E-state index contributed by atoms with van der Waals surface area (Å²) in [5.74, 6) is 0. The minimum atomic E-state index is 0. The van der Waals surface area contributed by atoms with Gasteiger partial charge < -0.3 is 0 Å². The van der Waals surface area contributed by atoms with E-state index in [0.29, 0.717) is 0 Å². The molecule has 0 aromatic rings. The molecule has 0 aliphatic carbocycles. The molecule has 0 N–H and O–H groups in total. The third-order valence-corrected chi connectivity index (χ3v) is 0. The van der Waals surface area contributed by atoms with Crippen LogP contribution in [0.2, 0.25) is 0 Å². The maximum atomic E-state index is 0. The minimum absolute atomic E-state index is 0. The molecule has 0 aromatic heterocycles. The molecule has 0 saturated carbocycles. The van der Waals surface area contributed by atoms with Crippen molar-refractivity contribution in [3.05, 3.63) is 0 Å². The van der Waals surface area contributed by atoms with E-state index in [9.17, 15) is 0 Å². The molecule has 21 valence electrons. The molecule has 0 nitrogen and oxygen atoms in total. The van der Waals surface area contributed by atoms with Crippen molar-refractivity contribution in [3.8, 4) is 0 Å². The summed E-state index contributed by atoms with van der Waals surface area (Å²) in [5, 5.41) is 0. The normalized spacial score (nSPS) is 0. The molecule has 0 amide bonds. The van der Waals surface area contributed by atoms with E-state index < -0.39 is 0 Å². The maximum Gasteiger partial charge on any atom is 0 e. The van der Waals surface area contributed by atoms with Crippen LogP contribution >= 0.6 is 0 Å². The Morgan fingerprint density at radius 1 is 1.00 bits per heavy atom. The molecule has 0 aliphatic heterocycles. The second-order valence-corrected chi connectivity index (χ2v) is 0. The van der Waals surface area contributed by atoms with Crippen LogP contribution in [-0.4, -0.2) is 54.8 Å². The van der Waals surface area contributed by atoms with E-state index >= 15 is 0 Å². The second-order valence-electron chi connectivity index (χ2n) is 0. The number of hydrogen-bond donors (Lipinski definition) is 0. The minimum Gasteiger partial charge on any atom is -0.0776 e. The average Bonchev–Trinajstić information content (AvgIpc) is 0. The summed E-state index contributed by atoms with van der Waals surface area (Å²) < 4.78 is 0. The molecular formula is CH4BiGeSi. The molecule has 0 spiro atoms. The van der Waals surface area contributed by atoms with Gasteiger partial charge in [-0.3, -0.25) is 0 Å². The number of hydrogen-bond acceptors (Lipinski definition) is 0. The smallest absolute Gasteiger partial charge is 0 e. The van der Waals surface area contributed by atoms with Crippen LogP contribution in [0.15, 0.2) is 0 Å². The van der Waals surface area contributed by atoms with Gasteiger partial charge in [0.1, 0.15) is 0 Å². The largest absolute Gasteiger partial charge is 0.0776 e. The molecule has 0 aromatic carbocycles. The van der Waals surface area contributed by atoms with Crippen LogP contribution in [0.3, 0.4) is 0 Å². The van der Waals surface area contributed by atoms with Gasteiger partial charge in [0, 0.05) is 54.8 Å². The van der Waals surface area contributed by atoms with Crippen molar-refractivity contribution in [2.45, 2.75) is 7.43 Å². The summed E-state index contributed by atoms with van der Waals surface area (Å²) >= 11 is 0. The van der Waals surface area contributed by atoms with E-state index in [0.717, 1.165) is 0 Å². The number of rotatable bonds is 0. The Labute approximate surface area is 61.9 Å². The van der Waals surface area contributed by atoms with E-state index in [2.05, 4.69) is 0 Å². The van der Waals surface area contributed by atoms with Crippen molar-refractivity contribution < 1.29 is 0 Å². The van der Waals surface area contributed by atoms with Crippen molar-refractivity contribution in [1.29, 1.82) is 0 Å². The maximum absolute atomic E-state index is 0. The van der Waals surface area contributed by atoms with Crippen molar-refractivity contribution in [2.75, 3.05) is 0 Å². The fourth-order valence-corrected chi connectivity index (χ4v) is 0. The van der Waals surface area contributed by atoms with Gasteiger partial charge >= 0.3 is 0 Å². The van der Waals surface area contributed by atoms with Gasteiger partial charge in [0.05, 0.1) is 0 Å². The van der Waals surface area contributed by atoms with E-state index in [4.69, 9.17) is 0 Å². The SMILES string of the molecule is C.[Bi].[Ge].[Si]. The third kappa shape index (κ3) is 9.43. The van der Waals surface area contributed by atoms with Gasteiger partial charge in [-0.1, -0.05) is 7.43 Å². The molecule has 0 aliphatic rings. The molecule has 0 bridgehead atoms. The Morgan fingerprint density at radius 2 is 1.00 bits per heavy atom. The van der Waals surface area contributed by atoms with Crippen LogP contribution in [0.25, 0.3) is 0 Å². The van der Waals surface area contributed by atoms with Gasteiger partial charge in [-0.05, 0) is 0 Å². The first-order valence-electron chi connectivity index (χ1n) is 0. The fourth-order valence-electron chi connectivity index (χ4n) is 0. The zero-order valence-electron chi connectivity index (χ0n) is 1.45.